The van der Waals surface area contributed by atoms with Crippen molar-refractivity contribution in [3.63, 3.8) is 0 Å². The van der Waals surface area contributed by atoms with Gasteiger partial charge in [-0.15, -0.1) is 0 Å². The van der Waals surface area contributed by atoms with E-state index in [4.69, 9.17) is 0 Å². The van der Waals surface area contributed by atoms with E-state index in [1.54, 1.807) is 6.08 Å². The standard InChI is InChI=1S/C9H14/c1-4-6-7-8-9(3)5-2/h4,6-7H,1,3,5,8H2,2H3/b7-6-. The topological polar surface area (TPSA) is 0 Å². The zero-order valence-corrected chi connectivity index (χ0v) is 6.06. The summed E-state index contributed by atoms with van der Waals surface area (Å²) in [7, 11) is 0. The Morgan fingerprint density at radius 3 is 2.67 bits per heavy atom. The highest BCUT2D eigenvalue weighted by molar-refractivity contribution is 5.05. The summed E-state index contributed by atoms with van der Waals surface area (Å²) in [6.07, 6.45) is 7.85. The predicted octanol–water partition coefficient (Wildman–Crippen LogP) is 3.08. The summed E-state index contributed by atoms with van der Waals surface area (Å²) >= 11 is 0. The summed E-state index contributed by atoms with van der Waals surface area (Å²) in [4.78, 5) is 0. The lowest BCUT2D eigenvalue weighted by atomic mass is 10.1. The first-order chi connectivity index (χ1) is 4.31. The number of allylic oxidation sites excluding steroid dienone is 4. The third-order valence-corrected chi connectivity index (χ3v) is 1.18. The van der Waals surface area contributed by atoms with Crippen molar-refractivity contribution in [2.75, 3.05) is 0 Å². The molecule has 0 aromatic carbocycles. The molecule has 0 heterocycles. The average molecular weight is 122 g/mol. The smallest absolute Gasteiger partial charge is 0.0139 e. The van der Waals surface area contributed by atoms with Gasteiger partial charge in [0.15, 0.2) is 0 Å². The van der Waals surface area contributed by atoms with Gasteiger partial charge < -0.3 is 0 Å². The minimum atomic E-state index is 0.989. The Kier molecular flexibility index (Phi) is 4.89. The molecular formula is C9H14. The maximum atomic E-state index is 3.86. The molecule has 0 N–H and O–H groups in total. The highest BCUT2D eigenvalue weighted by Gasteiger charge is 1.82. The summed E-state index contributed by atoms with van der Waals surface area (Å²) in [6, 6.07) is 0. The van der Waals surface area contributed by atoms with Gasteiger partial charge >= 0.3 is 0 Å². The molecule has 0 amide bonds. The number of rotatable bonds is 4. The summed E-state index contributed by atoms with van der Waals surface area (Å²) in [5, 5.41) is 0. The molecule has 9 heavy (non-hydrogen) atoms. The summed E-state index contributed by atoms with van der Waals surface area (Å²) in [5.74, 6) is 0. The molecule has 0 spiro atoms. The first kappa shape index (κ1) is 8.22. The van der Waals surface area contributed by atoms with E-state index in [-0.39, 0.29) is 0 Å². The predicted molar refractivity (Wildman–Crippen MR) is 43.4 cm³/mol. The molecule has 0 saturated heterocycles. The maximum Gasteiger partial charge on any atom is -0.0139 e. The normalized spacial score (nSPS) is 9.89. The third kappa shape index (κ3) is 5.09. The molecule has 0 bridgehead atoms. The van der Waals surface area contributed by atoms with Crippen molar-refractivity contribution >= 4 is 0 Å². The Labute approximate surface area is 57.6 Å². The van der Waals surface area contributed by atoms with E-state index in [2.05, 4.69) is 26.2 Å². The highest BCUT2D eigenvalue weighted by Crippen LogP contribution is 2.02. The minimum Gasteiger partial charge on any atom is -0.0996 e. The molecule has 0 rings (SSSR count). The van der Waals surface area contributed by atoms with E-state index >= 15 is 0 Å². The van der Waals surface area contributed by atoms with Crippen molar-refractivity contribution < 1.29 is 0 Å². The maximum absolute atomic E-state index is 3.86. The van der Waals surface area contributed by atoms with E-state index in [9.17, 15) is 0 Å². The molecule has 0 aliphatic heterocycles. The summed E-state index contributed by atoms with van der Waals surface area (Å²) in [5.41, 5.74) is 1.27. The zero-order chi connectivity index (χ0) is 7.11. The van der Waals surface area contributed by atoms with Gasteiger partial charge in [0.2, 0.25) is 0 Å². The second kappa shape index (κ2) is 5.36. The van der Waals surface area contributed by atoms with Gasteiger partial charge in [-0.1, -0.05) is 43.9 Å². The number of hydrogen-bond acceptors (Lipinski definition) is 0. The molecule has 0 fully saturated rings. The Bertz CT molecular complexity index is 118. The van der Waals surface area contributed by atoms with Crippen LogP contribution in [0.4, 0.5) is 0 Å². The summed E-state index contributed by atoms with van der Waals surface area (Å²) in [6.45, 7) is 9.54. The van der Waals surface area contributed by atoms with Crippen molar-refractivity contribution in [2.45, 2.75) is 19.8 Å². The van der Waals surface area contributed by atoms with Gasteiger partial charge in [0.25, 0.3) is 0 Å². The zero-order valence-electron chi connectivity index (χ0n) is 6.06. The van der Waals surface area contributed by atoms with Gasteiger partial charge in [0.05, 0.1) is 0 Å². The van der Waals surface area contributed by atoms with Gasteiger partial charge in [0.1, 0.15) is 0 Å². The van der Waals surface area contributed by atoms with Crippen LogP contribution < -0.4 is 0 Å². The fourth-order valence-electron chi connectivity index (χ4n) is 0.475. The van der Waals surface area contributed by atoms with E-state index in [1.165, 1.54) is 5.57 Å². The van der Waals surface area contributed by atoms with Crippen molar-refractivity contribution in [1.82, 2.24) is 0 Å². The molecule has 0 aromatic heterocycles. The van der Waals surface area contributed by atoms with Crippen molar-refractivity contribution in [2.24, 2.45) is 0 Å². The molecule has 0 aliphatic carbocycles. The Hall–Kier alpha value is -0.780. The van der Waals surface area contributed by atoms with Crippen LogP contribution in [0.3, 0.4) is 0 Å². The molecule has 0 heteroatoms. The Morgan fingerprint density at radius 1 is 1.56 bits per heavy atom. The molecular weight excluding hydrogens is 108 g/mol. The molecule has 0 radical (unpaired) electrons. The van der Waals surface area contributed by atoms with Crippen molar-refractivity contribution in [1.29, 1.82) is 0 Å². The molecule has 0 saturated carbocycles. The Morgan fingerprint density at radius 2 is 2.22 bits per heavy atom. The number of hydrogen-bond donors (Lipinski definition) is 0. The van der Waals surface area contributed by atoms with E-state index in [0.717, 1.165) is 12.8 Å². The lowest BCUT2D eigenvalue weighted by molar-refractivity contribution is 1.04. The molecule has 0 aliphatic rings. The van der Waals surface area contributed by atoms with E-state index in [1.807, 2.05) is 6.08 Å². The first-order valence-electron chi connectivity index (χ1n) is 3.25. The molecule has 50 valence electrons. The monoisotopic (exact) mass is 122 g/mol. The molecule has 0 atom stereocenters. The largest absolute Gasteiger partial charge is 0.0996 e. The first-order valence-corrected chi connectivity index (χ1v) is 3.25. The SMILES string of the molecule is C=C/C=C\CC(=C)CC. The second-order valence-corrected chi connectivity index (χ2v) is 1.97. The third-order valence-electron chi connectivity index (χ3n) is 1.18. The van der Waals surface area contributed by atoms with Crippen LogP contribution in [0.25, 0.3) is 0 Å². The lowest BCUT2D eigenvalue weighted by Crippen LogP contribution is -1.71. The molecule has 0 aromatic rings. The average Bonchev–Trinajstić information content (AvgIpc) is 1.89. The molecule has 0 nitrogen and oxygen atoms in total. The van der Waals surface area contributed by atoms with Crippen LogP contribution >= 0.6 is 0 Å². The van der Waals surface area contributed by atoms with Gasteiger partial charge in [-0.2, -0.15) is 0 Å². The Balaban J connectivity index is 3.37. The van der Waals surface area contributed by atoms with Crippen LogP contribution in [0.2, 0.25) is 0 Å². The lowest BCUT2D eigenvalue weighted by Gasteiger charge is -1.92. The van der Waals surface area contributed by atoms with Crippen LogP contribution in [0, 0.1) is 0 Å². The van der Waals surface area contributed by atoms with Crippen molar-refractivity contribution in [3.8, 4) is 0 Å². The minimum absolute atomic E-state index is 0.989. The van der Waals surface area contributed by atoms with Gasteiger partial charge in [-0.05, 0) is 12.8 Å². The van der Waals surface area contributed by atoms with Gasteiger partial charge in [0, 0.05) is 0 Å². The van der Waals surface area contributed by atoms with Crippen molar-refractivity contribution in [3.05, 3.63) is 37.0 Å². The van der Waals surface area contributed by atoms with Crippen LogP contribution in [-0.2, 0) is 0 Å². The van der Waals surface area contributed by atoms with Crippen LogP contribution in [0.1, 0.15) is 19.8 Å². The van der Waals surface area contributed by atoms with Crippen LogP contribution in [0.15, 0.2) is 37.0 Å². The highest BCUT2D eigenvalue weighted by atomic mass is 13.9. The second-order valence-electron chi connectivity index (χ2n) is 1.97. The van der Waals surface area contributed by atoms with E-state index in [0.29, 0.717) is 0 Å². The van der Waals surface area contributed by atoms with Crippen LogP contribution in [0.5, 0.6) is 0 Å². The van der Waals surface area contributed by atoms with Gasteiger partial charge in [-0.3, -0.25) is 0 Å². The molecule has 0 unspecified atom stereocenters. The van der Waals surface area contributed by atoms with Crippen LogP contribution in [-0.4, -0.2) is 0 Å². The fraction of sp³-hybridized carbons (Fsp3) is 0.333. The summed E-state index contributed by atoms with van der Waals surface area (Å²) < 4.78 is 0. The van der Waals surface area contributed by atoms with E-state index < -0.39 is 0 Å². The van der Waals surface area contributed by atoms with Gasteiger partial charge in [-0.25, -0.2) is 0 Å². The quantitative estimate of drug-likeness (QED) is 0.397. The fourth-order valence-corrected chi connectivity index (χ4v) is 0.475.